The molecule has 0 bridgehead atoms. The Hall–Kier alpha value is -0.635. The minimum Gasteiger partial charge on any atom is -0.387 e. The van der Waals surface area contributed by atoms with Crippen molar-refractivity contribution in [2.75, 3.05) is 23.7 Å². The molecular formula is C8H10BBrN2. The molecule has 0 aliphatic carbocycles. The largest absolute Gasteiger partial charge is 0.455 e. The first-order chi connectivity index (χ1) is 5.72. The van der Waals surface area contributed by atoms with Gasteiger partial charge in [-0.05, 0) is 26.2 Å². The molecule has 0 amide bonds. The van der Waals surface area contributed by atoms with Gasteiger partial charge in [0.25, 0.3) is 0 Å². The van der Waals surface area contributed by atoms with Crippen molar-refractivity contribution >= 4 is 32.9 Å². The molecule has 4 heteroatoms. The van der Waals surface area contributed by atoms with Crippen molar-refractivity contribution in [2.45, 2.75) is 0 Å². The minimum absolute atomic E-state index is 0.287. The van der Waals surface area contributed by atoms with Crippen LogP contribution in [0.5, 0.6) is 0 Å². The van der Waals surface area contributed by atoms with Gasteiger partial charge in [0.15, 0.2) is 0 Å². The second-order valence-electron chi connectivity index (χ2n) is 3.02. The third-order valence-corrected chi connectivity index (χ3v) is 3.51. The van der Waals surface area contributed by atoms with Crippen LogP contribution in [0.3, 0.4) is 0 Å². The van der Waals surface area contributed by atoms with E-state index in [2.05, 4.69) is 63.7 Å². The summed E-state index contributed by atoms with van der Waals surface area (Å²) >= 11 is 3.60. The number of nitrogens with zero attached hydrogens (tertiary/aromatic N) is 2. The molecule has 2 rings (SSSR count). The maximum absolute atomic E-state index is 3.60. The summed E-state index contributed by atoms with van der Waals surface area (Å²) in [5.41, 5.74) is 2.56. The first-order valence-electron chi connectivity index (χ1n) is 3.90. The topological polar surface area (TPSA) is 6.48 Å². The lowest BCUT2D eigenvalue weighted by Crippen LogP contribution is -2.38. The number of hydrogen-bond donors (Lipinski definition) is 0. The second-order valence-corrected chi connectivity index (χ2v) is 3.84. The van der Waals surface area contributed by atoms with Crippen LogP contribution in [0.2, 0.25) is 0 Å². The van der Waals surface area contributed by atoms with Crippen LogP contribution in [0.1, 0.15) is 0 Å². The highest BCUT2D eigenvalue weighted by Crippen LogP contribution is 2.36. The Kier molecular flexibility index (Phi) is 1.79. The van der Waals surface area contributed by atoms with Gasteiger partial charge in [0.1, 0.15) is 0 Å². The molecule has 62 valence electrons. The van der Waals surface area contributed by atoms with Gasteiger partial charge in [0, 0.05) is 11.4 Å². The lowest BCUT2D eigenvalue weighted by Gasteiger charge is -2.16. The standard InChI is InChI=1S/C8H10BBrN2/c1-11-7-5-3-4-6-8(7)12(2)9(11)10/h3-6H,1-2H3. The number of rotatable bonds is 0. The van der Waals surface area contributed by atoms with Crippen LogP contribution in [-0.4, -0.2) is 19.9 Å². The van der Waals surface area contributed by atoms with Crippen LogP contribution < -0.4 is 9.62 Å². The summed E-state index contributed by atoms with van der Waals surface area (Å²) in [6, 6.07) is 8.39. The van der Waals surface area contributed by atoms with Crippen molar-refractivity contribution in [2.24, 2.45) is 0 Å². The van der Waals surface area contributed by atoms with E-state index in [1.807, 2.05) is 0 Å². The molecule has 0 atom stereocenters. The van der Waals surface area contributed by atoms with E-state index < -0.39 is 0 Å². The normalized spacial score (nSPS) is 15.4. The van der Waals surface area contributed by atoms with Crippen LogP contribution in [-0.2, 0) is 0 Å². The fraction of sp³-hybridized carbons (Fsp3) is 0.250. The lowest BCUT2D eigenvalue weighted by molar-refractivity contribution is 1.33. The maximum Gasteiger partial charge on any atom is 0.455 e. The zero-order chi connectivity index (χ0) is 8.72. The van der Waals surface area contributed by atoms with Gasteiger partial charge >= 0.3 is 5.81 Å². The number of para-hydroxylation sites is 2. The van der Waals surface area contributed by atoms with Gasteiger partial charge in [-0.3, -0.25) is 0 Å². The predicted molar refractivity (Wildman–Crippen MR) is 57.9 cm³/mol. The molecule has 1 aromatic carbocycles. The maximum atomic E-state index is 3.60. The van der Waals surface area contributed by atoms with E-state index in [1.54, 1.807) is 0 Å². The van der Waals surface area contributed by atoms with Gasteiger partial charge in [-0.15, -0.1) is 0 Å². The van der Waals surface area contributed by atoms with Crippen molar-refractivity contribution in [3.8, 4) is 0 Å². The number of fused-ring (bicyclic) bond motifs is 1. The van der Waals surface area contributed by atoms with Gasteiger partial charge in [0.05, 0.1) is 0 Å². The monoisotopic (exact) mass is 224 g/mol. The zero-order valence-corrected chi connectivity index (χ0v) is 8.75. The van der Waals surface area contributed by atoms with E-state index in [-0.39, 0.29) is 5.81 Å². The van der Waals surface area contributed by atoms with E-state index in [1.165, 1.54) is 11.4 Å². The van der Waals surface area contributed by atoms with Crippen LogP contribution in [0.25, 0.3) is 0 Å². The summed E-state index contributed by atoms with van der Waals surface area (Å²) in [5.74, 6) is 0.287. The third-order valence-electron chi connectivity index (χ3n) is 2.28. The Morgan fingerprint density at radius 2 is 1.50 bits per heavy atom. The number of benzene rings is 1. The Bertz CT molecular complexity index is 276. The minimum atomic E-state index is 0.287. The van der Waals surface area contributed by atoms with Crippen LogP contribution in [0.4, 0.5) is 11.4 Å². The molecule has 0 saturated carbocycles. The van der Waals surface area contributed by atoms with E-state index >= 15 is 0 Å². The predicted octanol–water partition coefficient (Wildman–Crippen LogP) is 1.95. The van der Waals surface area contributed by atoms with E-state index in [0.29, 0.717) is 0 Å². The summed E-state index contributed by atoms with van der Waals surface area (Å²) in [7, 11) is 4.17. The fourth-order valence-corrected chi connectivity index (χ4v) is 1.99. The summed E-state index contributed by atoms with van der Waals surface area (Å²) in [4.78, 5) is 4.41. The molecule has 2 nitrogen and oxygen atoms in total. The molecule has 0 N–H and O–H groups in total. The van der Waals surface area contributed by atoms with Gasteiger partial charge < -0.3 is 9.62 Å². The molecule has 0 aromatic heterocycles. The van der Waals surface area contributed by atoms with Crippen LogP contribution in [0, 0.1) is 0 Å². The summed E-state index contributed by atoms with van der Waals surface area (Å²) < 4.78 is 0. The van der Waals surface area contributed by atoms with Crippen molar-refractivity contribution < 1.29 is 0 Å². The second kappa shape index (κ2) is 2.70. The highest BCUT2D eigenvalue weighted by molar-refractivity contribution is 9.24. The number of hydrogen-bond acceptors (Lipinski definition) is 2. The molecule has 0 unspecified atom stereocenters. The molecule has 1 heterocycles. The Morgan fingerprint density at radius 1 is 1.08 bits per heavy atom. The average molecular weight is 225 g/mol. The van der Waals surface area contributed by atoms with Crippen molar-refractivity contribution in [1.82, 2.24) is 0 Å². The summed E-state index contributed by atoms with van der Waals surface area (Å²) in [6.07, 6.45) is 0. The molecule has 1 aromatic rings. The Balaban J connectivity index is 2.52. The molecule has 0 spiro atoms. The third kappa shape index (κ3) is 0.943. The molecule has 0 saturated heterocycles. The van der Waals surface area contributed by atoms with Gasteiger partial charge in [-0.2, -0.15) is 0 Å². The van der Waals surface area contributed by atoms with Crippen LogP contribution in [0.15, 0.2) is 24.3 Å². The summed E-state index contributed by atoms with van der Waals surface area (Å²) in [5, 5.41) is 0. The highest BCUT2D eigenvalue weighted by Gasteiger charge is 2.33. The molecule has 1 aliphatic rings. The average Bonchev–Trinajstić information content (AvgIpc) is 2.33. The highest BCUT2D eigenvalue weighted by atomic mass is 79.9. The van der Waals surface area contributed by atoms with Crippen molar-refractivity contribution in [1.29, 1.82) is 0 Å². The first-order valence-corrected chi connectivity index (χ1v) is 4.82. The van der Waals surface area contributed by atoms with E-state index in [4.69, 9.17) is 0 Å². The van der Waals surface area contributed by atoms with E-state index in [9.17, 15) is 0 Å². The molecule has 12 heavy (non-hydrogen) atoms. The Labute approximate surface area is 81.3 Å². The smallest absolute Gasteiger partial charge is 0.387 e. The quantitative estimate of drug-likeness (QED) is 0.622. The SMILES string of the molecule is CN1B(Br)N(C)c2ccccc21. The molecule has 1 aliphatic heterocycles. The van der Waals surface area contributed by atoms with Gasteiger partial charge in [0.2, 0.25) is 0 Å². The molecule has 0 radical (unpaired) electrons. The van der Waals surface area contributed by atoms with Crippen molar-refractivity contribution in [3.63, 3.8) is 0 Å². The number of anilines is 2. The zero-order valence-electron chi connectivity index (χ0n) is 7.16. The number of halogens is 1. The summed E-state index contributed by atoms with van der Waals surface area (Å²) in [6.45, 7) is 0. The van der Waals surface area contributed by atoms with Gasteiger partial charge in [-0.25, -0.2) is 0 Å². The fourth-order valence-electron chi connectivity index (χ4n) is 1.55. The van der Waals surface area contributed by atoms with E-state index in [0.717, 1.165) is 0 Å². The molecule has 0 fully saturated rings. The van der Waals surface area contributed by atoms with Crippen LogP contribution >= 0.6 is 15.8 Å². The van der Waals surface area contributed by atoms with Gasteiger partial charge in [-0.1, -0.05) is 27.9 Å². The van der Waals surface area contributed by atoms with Crippen molar-refractivity contribution in [3.05, 3.63) is 24.3 Å². The Morgan fingerprint density at radius 3 is 1.92 bits per heavy atom. The molecular weight excluding hydrogens is 215 g/mol. The lowest BCUT2D eigenvalue weighted by atomic mass is 10.1. The first kappa shape index (κ1) is 7.99.